The summed E-state index contributed by atoms with van der Waals surface area (Å²) in [6, 6.07) is 9.41. The number of aromatic nitrogens is 1. The first-order valence-corrected chi connectivity index (χ1v) is 5.74. The summed E-state index contributed by atoms with van der Waals surface area (Å²) in [5.74, 6) is 0.0809. The average Bonchev–Trinajstić information content (AvgIpc) is 2.65. The Hall–Kier alpha value is -2.34. The summed E-state index contributed by atoms with van der Waals surface area (Å²) in [6.07, 6.45) is 1.95. The Morgan fingerprint density at radius 2 is 1.83 bits per heavy atom. The molecule has 0 N–H and O–H groups in total. The predicted octanol–water partition coefficient (Wildman–Crippen LogP) is 3.17. The van der Waals surface area contributed by atoms with E-state index >= 15 is 0 Å². The molecule has 2 aromatic rings. The highest BCUT2D eigenvalue weighted by Crippen LogP contribution is 2.21. The van der Waals surface area contributed by atoms with Crippen molar-refractivity contribution in [3.8, 4) is 11.8 Å². The summed E-state index contributed by atoms with van der Waals surface area (Å²) in [5, 5.41) is 8.77. The van der Waals surface area contributed by atoms with Crippen LogP contribution < -0.4 is 0 Å². The summed E-state index contributed by atoms with van der Waals surface area (Å²) in [5.41, 5.74) is 4.28. The minimum atomic E-state index is 0.0809. The lowest BCUT2D eigenvalue weighted by atomic mass is 10.1. The fourth-order valence-corrected chi connectivity index (χ4v) is 2.26. The molecule has 0 atom stereocenters. The average molecular weight is 238 g/mol. The molecule has 0 aliphatic heterocycles. The van der Waals surface area contributed by atoms with Gasteiger partial charge in [0, 0.05) is 23.1 Å². The zero-order valence-electron chi connectivity index (χ0n) is 10.7. The van der Waals surface area contributed by atoms with Crippen LogP contribution in [0.3, 0.4) is 0 Å². The van der Waals surface area contributed by atoms with Crippen LogP contribution in [0.15, 0.2) is 30.5 Å². The maximum Gasteiger partial charge on any atom is 0.161 e. The van der Waals surface area contributed by atoms with Gasteiger partial charge in [0.15, 0.2) is 5.78 Å². The molecule has 2 rings (SSSR count). The smallest absolute Gasteiger partial charge is 0.161 e. The number of Topliss-reactive ketones (excluding diaryl/α,β-unsaturated/α-hetero) is 1. The van der Waals surface area contributed by atoms with Crippen LogP contribution in [0.4, 0.5) is 0 Å². The lowest BCUT2D eigenvalue weighted by Gasteiger charge is -2.06. The monoisotopic (exact) mass is 238 g/mol. The second-order valence-electron chi connectivity index (χ2n) is 4.36. The van der Waals surface area contributed by atoms with Gasteiger partial charge >= 0.3 is 0 Å². The van der Waals surface area contributed by atoms with E-state index in [9.17, 15) is 4.79 Å². The lowest BCUT2D eigenvalue weighted by Crippen LogP contribution is -1.99. The first-order chi connectivity index (χ1) is 8.54. The van der Waals surface area contributed by atoms with E-state index in [2.05, 4.69) is 6.07 Å². The van der Waals surface area contributed by atoms with E-state index in [1.165, 1.54) is 0 Å². The van der Waals surface area contributed by atoms with E-state index in [1.54, 1.807) is 19.1 Å². The van der Waals surface area contributed by atoms with Gasteiger partial charge in [-0.2, -0.15) is 5.26 Å². The summed E-state index contributed by atoms with van der Waals surface area (Å²) in [4.78, 5) is 11.6. The van der Waals surface area contributed by atoms with Gasteiger partial charge < -0.3 is 4.57 Å². The Bertz CT molecular complexity index is 642. The molecule has 0 aliphatic carbocycles. The molecule has 0 amide bonds. The number of nitrogens with zero attached hydrogens (tertiary/aromatic N) is 2. The minimum absolute atomic E-state index is 0.0809. The fraction of sp³-hybridized carbons (Fsp3) is 0.200. The first-order valence-electron chi connectivity index (χ1n) is 5.74. The van der Waals surface area contributed by atoms with Gasteiger partial charge in [-0.15, -0.1) is 0 Å². The van der Waals surface area contributed by atoms with E-state index in [-0.39, 0.29) is 5.78 Å². The van der Waals surface area contributed by atoms with Crippen LogP contribution in [-0.4, -0.2) is 10.4 Å². The third kappa shape index (κ3) is 1.93. The van der Waals surface area contributed by atoms with Crippen molar-refractivity contribution in [1.82, 2.24) is 4.57 Å². The lowest BCUT2D eigenvalue weighted by molar-refractivity contribution is 0.101. The number of hydrogen-bond donors (Lipinski definition) is 0. The van der Waals surface area contributed by atoms with Crippen LogP contribution in [0.25, 0.3) is 5.69 Å². The van der Waals surface area contributed by atoms with Crippen molar-refractivity contribution in [2.45, 2.75) is 20.8 Å². The van der Waals surface area contributed by atoms with Crippen LogP contribution in [0.1, 0.15) is 34.1 Å². The maximum atomic E-state index is 11.6. The van der Waals surface area contributed by atoms with Crippen molar-refractivity contribution in [3.05, 3.63) is 52.8 Å². The van der Waals surface area contributed by atoms with Crippen molar-refractivity contribution < 1.29 is 4.79 Å². The maximum absolute atomic E-state index is 11.6. The van der Waals surface area contributed by atoms with Crippen molar-refractivity contribution in [1.29, 1.82) is 5.26 Å². The number of hydrogen-bond acceptors (Lipinski definition) is 2. The van der Waals surface area contributed by atoms with E-state index in [1.807, 2.05) is 36.7 Å². The molecular formula is C15H14N2O. The molecule has 90 valence electrons. The second kappa shape index (κ2) is 4.50. The van der Waals surface area contributed by atoms with Crippen LogP contribution in [0.5, 0.6) is 0 Å². The molecule has 1 aromatic heterocycles. The van der Waals surface area contributed by atoms with Crippen molar-refractivity contribution in [2.75, 3.05) is 0 Å². The molecule has 0 unspecified atom stereocenters. The van der Waals surface area contributed by atoms with Gasteiger partial charge in [-0.1, -0.05) is 0 Å². The van der Waals surface area contributed by atoms with E-state index in [0.29, 0.717) is 5.56 Å². The molecule has 1 heterocycles. The first kappa shape index (κ1) is 12.1. The predicted molar refractivity (Wildman–Crippen MR) is 70.0 cm³/mol. The molecule has 0 aliphatic rings. The van der Waals surface area contributed by atoms with E-state index in [0.717, 1.165) is 22.5 Å². The van der Waals surface area contributed by atoms with Gasteiger partial charge in [0.05, 0.1) is 11.6 Å². The molecule has 0 saturated carbocycles. The van der Waals surface area contributed by atoms with Crippen molar-refractivity contribution in [2.24, 2.45) is 0 Å². The third-order valence-corrected chi connectivity index (χ3v) is 3.07. The highest BCUT2D eigenvalue weighted by Gasteiger charge is 2.14. The number of nitriles is 1. The Balaban J connectivity index is 2.55. The second-order valence-corrected chi connectivity index (χ2v) is 4.36. The van der Waals surface area contributed by atoms with Crippen LogP contribution >= 0.6 is 0 Å². The van der Waals surface area contributed by atoms with E-state index < -0.39 is 0 Å². The van der Waals surface area contributed by atoms with Crippen LogP contribution in [-0.2, 0) is 0 Å². The topological polar surface area (TPSA) is 45.8 Å². The summed E-state index contributed by atoms with van der Waals surface area (Å²) < 4.78 is 1.98. The van der Waals surface area contributed by atoms with E-state index in [4.69, 9.17) is 5.26 Å². The summed E-state index contributed by atoms with van der Waals surface area (Å²) in [7, 11) is 0. The quantitative estimate of drug-likeness (QED) is 0.754. The molecule has 18 heavy (non-hydrogen) atoms. The Morgan fingerprint density at radius 3 is 2.28 bits per heavy atom. The molecule has 1 aromatic carbocycles. The highest BCUT2D eigenvalue weighted by molar-refractivity contribution is 5.97. The number of aryl methyl sites for hydroxylation is 1. The standard InChI is InChI=1S/C15H14N2O/c1-10-9-17(11(2)15(10)12(3)18)14-6-4-13(8-16)5-7-14/h4-7,9H,1-3H3. The normalized spacial score (nSPS) is 10.1. The summed E-state index contributed by atoms with van der Waals surface area (Å²) >= 11 is 0. The Kier molecular flexibility index (Phi) is 3.03. The van der Waals surface area contributed by atoms with Gasteiger partial charge in [-0.3, -0.25) is 4.79 Å². The van der Waals surface area contributed by atoms with Gasteiger partial charge in [0.25, 0.3) is 0 Å². The number of carbonyl (C=O) groups excluding carboxylic acids is 1. The van der Waals surface area contributed by atoms with Gasteiger partial charge in [0.2, 0.25) is 0 Å². The largest absolute Gasteiger partial charge is 0.320 e. The molecule has 3 heteroatoms. The number of ketones is 1. The Morgan fingerprint density at radius 1 is 1.22 bits per heavy atom. The Labute approximate surface area is 106 Å². The molecule has 0 radical (unpaired) electrons. The molecule has 0 bridgehead atoms. The van der Waals surface area contributed by atoms with Crippen molar-refractivity contribution >= 4 is 5.78 Å². The third-order valence-electron chi connectivity index (χ3n) is 3.07. The molecular weight excluding hydrogens is 224 g/mol. The van der Waals surface area contributed by atoms with Crippen molar-refractivity contribution in [3.63, 3.8) is 0 Å². The number of benzene rings is 1. The zero-order chi connectivity index (χ0) is 13.3. The molecule has 0 saturated heterocycles. The number of carbonyl (C=O) groups is 1. The molecule has 3 nitrogen and oxygen atoms in total. The van der Waals surface area contributed by atoms with Gasteiger partial charge in [0.1, 0.15) is 0 Å². The SMILES string of the molecule is CC(=O)c1c(C)cn(-c2ccc(C#N)cc2)c1C. The summed E-state index contributed by atoms with van der Waals surface area (Å²) in [6.45, 7) is 5.45. The number of rotatable bonds is 2. The van der Waals surface area contributed by atoms with Gasteiger partial charge in [-0.05, 0) is 50.6 Å². The van der Waals surface area contributed by atoms with Crippen LogP contribution in [0.2, 0.25) is 0 Å². The minimum Gasteiger partial charge on any atom is -0.320 e. The highest BCUT2D eigenvalue weighted by atomic mass is 16.1. The van der Waals surface area contributed by atoms with Crippen LogP contribution in [0, 0.1) is 25.2 Å². The zero-order valence-corrected chi connectivity index (χ0v) is 10.7. The fourth-order valence-electron chi connectivity index (χ4n) is 2.26. The molecule has 0 fully saturated rings. The van der Waals surface area contributed by atoms with Gasteiger partial charge in [-0.25, -0.2) is 0 Å². The molecule has 0 spiro atoms.